The number of benzene rings is 1. The quantitative estimate of drug-likeness (QED) is 0.115. The maximum absolute atomic E-state index is 14.4. The minimum absolute atomic E-state index is 0.0118. The highest BCUT2D eigenvalue weighted by Crippen LogP contribution is 2.43. The SMILES string of the molecule is CCCC(CC(=O)C1[C@H]2CCC[C@H]2CN1C(=O)[C@@H](NC(=O)[C@H](CC(=O)CCCCc1nn[nH]n1)C(C)C)C(C)C)C(=O)C(=O)C[C@H](C)c1ccccc1. The van der Waals surface area contributed by atoms with E-state index in [9.17, 15) is 28.8 Å². The molecule has 0 spiro atoms. The number of rotatable bonds is 22. The molecule has 2 heterocycles. The van der Waals surface area contributed by atoms with Gasteiger partial charge in [-0.05, 0) is 67.3 Å². The van der Waals surface area contributed by atoms with Gasteiger partial charge in [0, 0.05) is 50.5 Å². The van der Waals surface area contributed by atoms with E-state index in [1.54, 1.807) is 4.90 Å². The van der Waals surface area contributed by atoms with Gasteiger partial charge in [0.25, 0.3) is 0 Å². The Morgan fingerprint density at radius 3 is 2.30 bits per heavy atom. The van der Waals surface area contributed by atoms with Crippen LogP contribution in [0.4, 0.5) is 0 Å². The van der Waals surface area contributed by atoms with Gasteiger partial charge in [0.1, 0.15) is 11.8 Å². The number of H-pyrrole nitrogens is 1. The Kier molecular flexibility index (Phi) is 15.6. The van der Waals surface area contributed by atoms with Crippen LogP contribution in [-0.4, -0.2) is 79.1 Å². The van der Waals surface area contributed by atoms with Crippen molar-refractivity contribution in [2.24, 2.45) is 35.5 Å². The molecule has 290 valence electrons. The smallest absolute Gasteiger partial charge is 0.246 e. The van der Waals surface area contributed by atoms with Crippen LogP contribution in [0, 0.1) is 35.5 Å². The Balaban J connectivity index is 1.42. The van der Waals surface area contributed by atoms with E-state index in [1.165, 1.54) is 0 Å². The molecule has 2 aromatic rings. The summed E-state index contributed by atoms with van der Waals surface area (Å²) in [4.78, 5) is 83.9. The first kappa shape index (κ1) is 41.7. The van der Waals surface area contributed by atoms with Crippen molar-refractivity contribution in [3.05, 3.63) is 41.7 Å². The fraction of sp³-hybridized carbons (Fsp3) is 0.683. The molecule has 1 saturated heterocycles. The van der Waals surface area contributed by atoms with Crippen molar-refractivity contribution in [2.45, 2.75) is 137 Å². The number of aryl methyl sites for hydroxylation is 1. The van der Waals surface area contributed by atoms with Gasteiger partial charge in [0.2, 0.25) is 17.6 Å². The van der Waals surface area contributed by atoms with Crippen LogP contribution in [0.5, 0.6) is 0 Å². The number of nitrogens with zero attached hydrogens (tertiary/aromatic N) is 4. The summed E-state index contributed by atoms with van der Waals surface area (Å²) in [5.74, 6) is -2.91. The third-order valence-corrected chi connectivity index (χ3v) is 11.4. The maximum Gasteiger partial charge on any atom is 0.246 e. The lowest BCUT2D eigenvalue weighted by Gasteiger charge is -2.33. The number of fused-ring (bicyclic) bond motifs is 1. The van der Waals surface area contributed by atoms with Gasteiger partial charge >= 0.3 is 0 Å². The number of likely N-dealkylation sites (tertiary alicyclic amines) is 1. The van der Waals surface area contributed by atoms with Crippen molar-refractivity contribution in [1.82, 2.24) is 30.8 Å². The first-order valence-corrected chi connectivity index (χ1v) is 19.8. The number of nitrogens with one attached hydrogen (secondary N) is 2. The minimum Gasteiger partial charge on any atom is -0.344 e. The molecule has 0 bridgehead atoms. The summed E-state index contributed by atoms with van der Waals surface area (Å²) in [6.07, 6.45) is 6.16. The standard InChI is InChI=1S/C41H60N6O6/c1-7-14-29(39(51)35(50)21-27(6)28-15-9-8-10-16-28)22-34(49)38-32-19-13-17-30(32)24-47(38)41(53)37(26(4)5)42-40(52)33(25(2)3)23-31(48)18-11-12-20-36-43-45-46-44-36/h8-10,15-16,25-27,29-30,32-33,37-38H,7,11-14,17-24H2,1-6H3,(H,42,52)(H,43,44,45,46)/t27-,29?,30-,32-,33+,37-,38?/m0/s1. The Morgan fingerprint density at radius 1 is 0.925 bits per heavy atom. The van der Waals surface area contributed by atoms with Crippen LogP contribution in [0.1, 0.15) is 129 Å². The third-order valence-electron chi connectivity index (χ3n) is 11.4. The van der Waals surface area contributed by atoms with Crippen LogP contribution >= 0.6 is 0 Å². The average Bonchev–Trinajstić information content (AvgIpc) is 3.89. The lowest BCUT2D eigenvalue weighted by molar-refractivity contribution is -0.145. The summed E-state index contributed by atoms with van der Waals surface area (Å²) in [6, 6.07) is 8.03. The highest BCUT2D eigenvalue weighted by Gasteiger charge is 2.51. The Bertz CT molecular complexity index is 1540. The van der Waals surface area contributed by atoms with Crippen molar-refractivity contribution in [3.8, 4) is 0 Å². The monoisotopic (exact) mass is 732 g/mol. The van der Waals surface area contributed by atoms with E-state index in [1.807, 2.05) is 71.9 Å². The van der Waals surface area contributed by atoms with Crippen molar-refractivity contribution >= 4 is 34.9 Å². The van der Waals surface area contributed by atoms with E-state index in [2.05, 4.69) is 25.9 Å². The number of carbonyl (C=O) groups excluding carboxylic acids is 6. The largest absolute Gasteiger partial charge is 0.344 e. The van der Waals surface area contributed by atoms with Crippen LogP contribution in [0.3, 0.4) is 0 Å². The van der Waals surface area contributed by atoms with Crippen LogP contribution in [0.15, 0.2) is 30.3 Å². The van der Waals surface area contributed by atoms with Gasteiger partial charge in [-0.2, -0.15) is 5.21 Å². The second-order valence-electron chi connectivity index (χ2n) is 16.1. The number of unbranched alkanes of at least 4 members (excludes halogenated alkanes) is 1. The minimum atomic E-state index is -0.878. The molecule has 4 rings (SSSR count). The van der Waals surface area contributed by atoms with Crippen LogP contribution in [0.2, 0.25) is 0 Å². The van der Waals surface area contributed by atoms with Crippen molar-refractivity contribution in [1.29, 1.82) is 0 Å². The van der Waals surface area contributed by atoms with Gasteiger partial charge in [-0.3, -0.25) is 28.8 Å². The molecule has 1 aromatic carbocycles. The number of carbonyl (C=O) groups is 6. The number of aromatic nitrogens is 4. The maximum atomic E-state index is 14.4. The molecule has 7 atom stereocenters. The molecule has 12 heteroatoms. The van der Waals surface area contributed by atoms with E-state index in [4.69, 9.17) is 0 Å². The number of hydrogen-bond acceptors (Lipinski definition) is 9. The molecule has 2 amide bonds. The molecule has 1 saturated carbocycles. The summed E-state index contributed by atoms with van der Waals surface area (Å²) in [6.45, 7) is 11.8. The molecule has 2 unspecified atom stereocenters. The molecule has 2 fully saturated rings. The number of ketones is 4. The molecule has 1 aliphatic heterocycles. The van der Waals surface area contributed by atoms with Gasteiger partial charge in [-0.15, -0.1) is 10.2 Å². The Morgan fingerprint density at radius 2 is 1.66 bits per heavy atom. The first-order chi connectivity index (χ1) is 25.3. The predicted octanol–water partition coefficient (Wildman–Crippen LogP) is 5.62. The van der Waals surface area contributed by atoms with E-state index in [0.29, 0.717) is 44.5 Å². The normalized spacial score (nSPS) is 20.5. The lowest BCUT2D eigenvalue weighted by atomic mass is 9.83. The summed E-state index contributed by atoms with van der Waals surface area (Å²) < 4.78 is 0. The molecule has 1 aromatic heterocycles. The van der Waals surface area contributed by atoms with E-state index >= 15 is 0 Å². The van der Waals surface area contributed by atoms with Gasteiger partial charge in [0.05, 0.1) is 6.04 Å². The van der Waals surface area contributed by atoms with E-state index in [-0.39, 0.29) is 72.2 Å². The zero-order valence-electron chi connectivity index (χ0n) is 32.5. The number of aromatic amines is 1. The second kappa shape index (κ2) is 19.8. The van der Waals surface area contributed by atoms with Crippen LogP contribution in [0.25, 0.3) is 0 Å². The predicted molar refractivity (Wildman–Crippen MR) is 200 cm³/mol. The molecule has 12 nitrogen and oxygen atoms in total. The number of hydrogen-bond donors (Lipinski definition) is 2. The van der Waals surface area contributed by atoms with E-state index in [0.717, 1.165) is 31.2 Å². The lowest BCUT2D eigenvalue weighted by Crippen LogP contribution is -2.56. The van der Waals surface area contributed by atoms with Gasteiger partial charge in [0.15, 0.2) is 17.4 Å². The van der Waals surface area contributed by atoms with Crippen molar-refractivity contribution in [2.75, 3.05) is 6.54 Å². The van der Waals surface area contributed by atoms with Gasteiger partial charge < -0.3 is 10.2 Å². The van der Waals surface area contributed by atoms with Crippen molar-refractivity contribution < 1.29 is 28.8 Å². The van der Waals surface area contributed by atoms with Gasteiger partial charge in [-0.1, -0.05) is 89.9 Å². The Labute approximate surface area is 314 Å². The molecule has 1 aliphatic carbocycles. The molecule has 2 aliphatic rings. The molecule has 0 radical (unpaired) electrons. The molecule has 53 heavy (non-hydrogen) atoms. The third kappa shape index (κ3) is 11.2. The summed E-state index contributed by atoms with van der Waals surface area (Å²) in [7, 11) is 0. The number of Topliss-reactive ketones (excluding diaryl/α,β-unsaturated/α-hetero) is 4. The molecule has 2 N–H and O–H groups in total. The highest BCUT2D eigenvalue weighted by molar-refractivity contribution is 6.38. The van der Waals surface area contributed by atoms with Crippen LogP contribution in [-0.2, 0) is 35.2 Å². The summed E-state index contributed by atoms with van der Waals surface area (Å²) in [5.41, 5.74) is 0.982. The van der Waals surface area contributed by atoms with Crippen LogP contribution < -0.4 is 5.32 Å². The van der Waals surface area contributed by atoms with E-state index < -0.39 is 35.5 Å². The fourth-order valence-corrected chi connectivity index (χ4v) is 8.31. The second-order valence-corrected chi connectivity index (χ2v) is 16.1. The topological polar surface area (TPSA) is 172 Å². The zero-order chi connectivity index (χ0) is 38.7. The fourth-order valence-electron chi connectivity index (χ4n) is 8.31. The molecular formula is C41H60N6O6. The highest BCUT2D eigenvalue weighted by atomic mass is 16.2. The average molecular weight is 733 g/mol. The Hall–Kier alpha value is -4.09. The van der Waals surface area contributed by atoms with Crippen molar-refractivity contribution in [3.63, 3.8) is 0 Å². The number of tetrazole rings is 1. The van der Waals surface area contributed by atoms with Gasteiger partial charge in [-0.25, -0.2) is 0 Å². The number of amides is 2. The zero-order valence-corrected chi connectivity index (χ0v) is 32.5. The summed E-state index contributed by atoms with van der Waals surface area (Å²) >= 11 is 0. The molecular weight excluding hydrogens is 672 g/mol. The first-order valence-electron chi connectivity index (χ1n) is 19.8. The summed E-state index contributed by atoms with van der Waals surface area (Å²) in [5, 5.41) is 16.8.